The van der Waals surface area contributed by atoms with E-state index in [-0.39, 0.29) is 13.2 Å². The Balaban J connectivity index is 1.75. The number of ether oxygens (including phenoxy) is 2. The van der Waals surface area contributed by atoms with Crippen molar-refractivity contribution < 1.29 is 23.5 Å². The second-order valence-electron chi connectivity index (χ2n) is 6.38. The van der Waals surface area contributed by atoms with Crippen LogP contribution in [0.3, 0.4) is 0 Å². The van der Waals surface area contributed by atoms with E-state index in [1.54, 1.807) is 6.07 Å². The fourth-order valence-corrected chi connectivity index (χ4v) is 2.67. The number of hydrogen-bond donors (Lipinski definition) is 1. The summed E-state index contributed by atoms with van der Waals surface area (Å²) in [6, 6.07) is 11.1. The summed E-state index contributed by atoms with van der Waals surface area (Å²) in [6.45, 7) is 3.57. The van der Waals surface area contributed by atoms with Gasteiger partial charge in [-0.2, -0.15) is 0 Å². The van der Waals surface area contributed by atoms with Crippen molar-refractivity contribution in [2.24, 2.45) is 5.73 Å². The first kappa shape index (κ1) is 19.2. The Morgan fingerprint density at radius 2 is 1.71 bits per heavy atom. The molecule has 0 unspecified atom stereocenters. The second-order valence-corrected chi connectivity index (χ2v) is 6.38. The highest BCUT2D eigenvalue weighted by molar-refractivity contribution is 5.90. The van der Waals surface area contributed by atoms with Gasteiger partial charge in [0.2, 0.25) is 0 Å². The van der Waals surface area contributed by atoms with Crippen LogP contribution in [0.15, 0.2) is 51.7 Å². The molecule has 0 spiro atoms. The molecule has 1 heterocycles. The maximum absolute atomic E-state index is 12.3. The molecular formula is C21H19NO6. The topological polar surface area (TPSA) is 109 Å². The van der Waals surface area contributed by atoms with Gasteiger partial charge >= 0.3 is 11.6 Å². The second kappa shape index (κ2) is 7.96. The van der Waals surface area contributed by atoms with E-state index in [2.05, 4.69) is 0 Å². The van der Waals surface area contributed by atoms with Gasteiger partial charge in [0.1, 0.15) is 17.9 Å². The SMILES string of the molecule is Cc1cc2oc(=O)cc(COC(=O)c3ccc(OCC(N)=O)cc3)c2cc1C. The summed E-state index contributed by atoms with van der Waals surface area (Å²) in [6.07, 6.45) is 0. The van der Waals surface area contributed by atoms with E-state index in [0.717, 1.165) is 16.5 Å². The van der Waals surface area contributed by atoms with Crippen LogP contribution in [0, 0.1) is 13.8 Å². The van der Waals surface area contributed by atoms with E-state index in [0.29, 0.717) is 22.5 Å². The zero-order valence-electron chi connectivity index (χ0n) is 15.5. The number of rotatable bonds is 6. The number of fused-ring (bicyclic) bond motifs is 1. The Bertz CT molecular complexity index is 1100. The van der Waals surface area contributed by atoms with Crippen LogP contribution >= 0.6 is 0 Å². The van der Waals surface area contributed by atoms with Gasteiger partial charge in [-0.05, 0) is 61.4 Å². The van der Waals surface area contributed by atoms with Crippen molar-refractivity contribution in [3.05, 3.63) is 75.1 Å². The van der Waals surface area contributed by atoms with E-state index in [9.17, 15) is 14.4 Å². The molecule has 0 bridgehead atoms. The van der Waals surface area contributed by atoms with Crippen molar-refractivity contribution in [1.82, 2.24) is 0 Å². The molecule has 3 rings (SSSR count). The molecule has 0 radical (unpaired) electrons. The highest BCUT2D eigenvalue weighted by atomic mass is 16.5. The van der Waals surface area contributed by atoms with Gasteiger partial charge in [0.25, 0.3) is 5.91 Å². The average Bonchev–Trinajstić information content (AvgIpc) is 2.66. The highest BCUT2D eigenvalue weighted by Crippen LogP contribution is 2.22. The molecule has 28 heavy (non-hydrogen) atoms. The maximum atomic E-state index is 12.3. The van der Waals surface area contributed by atoms with E-state index >= 15 is 0 Å². The average molecular weight is 381 g/mol. The summed E-state index contributed by atoms with van der Waals surface area (Å²) in [5.74, 6) is -0.729. The predicted octanol–water partition coefficient (Wildman–Crippen LogP) is 2.63. The third kappa shape index (κ3) is 4.37. The molecule has 0 atom stereocenters. The van der Waals surface area contributed by atoms with Gasteiger partial charge < -0.3 is 19.6 Å². The molecule has 7 heteroatoms. The lowest BCUT2D eigenvalue weighted by Crippen LogP contribution is -2.20. The number of carbonyl (C=O) groups is 2. The van der Waals surface area contributed by atoms with Gasteiger partial charge in [0, 0.05) is 17.0 Å². The standard InChI is InChI=1S/C21H19NO6/c1-12-7-17-15(9-20(24)28-18(17)8-13(12)2)10-27-21(25)14-3-5-16(6-4-14)26-11-19(22)23/h3-9H,10-11H2,1-2H3,(H2,22,23). The molecule has 2 aromatic carbocycles. The lowest BCUT2D eigenvalue weighted by molar-refractivity contribution is -0.119. The van der Waals surface area contributed by atoms with Gasteiger partial charge in [0.15, 0.2) is 6.61 Å². The first-order valence-electron chi connectivity index (χ1n) is 8.56. The van der Waals surface area contributed by atoms with E-state index in [1.807, 2.05) is 19.9 Å². The summed E-state index contributed by atoms with van der Waals surface area (Å²) in [4.78, 5) is 34.8. The highest BCUT2D eigenvalue weighted by Gasteiger charge is 2.12. The molecule has 144 valence electrons. The van der Waals surface area contributed by atoms with E-state index in [1.165, 1.54) is 30.3 Å². The third-order valence-electron chi connectivity index (χ3n) is 4.27. The van der Waals surface area contributed by atoms with Crippen molar-refractivity contribution >= 4 is 22.8 Å². The lowest BCUT2D eigenvalue weighted by atomic mass is 10.0. The van der Waals surface area contributed by atoms with Gasteiger partial charge in [0.05, 0.1) is 5.56 Å². The summed E-state index contributed by atoms with van der Waals surface area (Å²) >= 11 is 0. The summed E-state index contributed by atoms with van der Waals surface area (Å²) in [5.41, 5.74) is 7.90. The Hall–Kier alpha value is -3.61. The number of primary amides is 1. The summed E-state index contributed by atoms with van der Waals surface area (Å²) in [5, 5.41) is 0.727. The van der Waals surface area contributed by atoms with Crippen molar-refractivity contribution in [3.63, 3.8) is 0 Å². The molecule has 0 saturated heterocycles. The van der Waals surface area contributed by atoms with Gasteiger partial charge in [-0.1, -0.05) is 0 Å². The number of amides is 1. The predicted molar refractivity (Wildman–Crippen MR) is 102 cm³/mol. The molecule has 0 aliphatic carbocycles. The number of benzene rings is 2. The molecule has 0 fully saturated rings. The summed E-state index contributed by atoms with van der Waals surface area (Å²) in [7, 11) is 0. The zero-order chi connectivity index (χ0) is 20.3. The van der Waals surface area contributed by atoms with Crippen LogP contribution in [0.4, 0.5) is 0 Å². The zero-order valence-corrected chi connectivity index (χ0v) is 15.5. The number of esters is 1. The molecule has 3 aromatic rings. The molecule has 1 aromatic heterocycles. The van der Waals surface area contributed by atoms with Crippen LogP contribution in [0.1, 0.15) is 27.0 Å². The molecule has 0 aliphatic rings. The minimum Gasteiger partial charge on any atom is -0.484 e. The van der Waals surface area contributed by atoms with Crippen LogP contribution in [0.5, 0.6) is 5.75 Å². The Morgan fingerprint density at radius 3 is 2.39 bits per heavy atom. The van der Waals surface area contributed by atoms with Crippen molar-refractivity contribution in [2.45, 2.75) is 20.5 Å². The lowest BCUT2D eigenvalue weighted by Gasteiger charge is -2.09. The fraction of sp³-hybridized carbons (Fsp3) is 0.190. The third-order valence-corrected chi connectivity index (χ3v) is 4.27. The normalized spacial score (nSPS) is 10.6. The largest absolute Gasteiger partial charge is 0.484 e. The van der Waals surface area contributed by atoms with Crippen LogP contribution in [-0.4, -0.2) is 18.5 Å². The van der Waals surface area contributed by atoms with Crippen LogP contribution < -0.4 is 16.1 Å². The molecule has 1 amide bonds. The number of aryl methyl sites for hydroxylation is 2. The minimum absolute atomic E-state index is 0.0661. The minimum atomic E-state index is -0.589. The molecular weight excluding hydrogens is 362 g/mol. The van der Waals surface area contributed by atoms with E-state index in [4.69, 9.17) is 19.6 Å². The molecule has 0 saturated carbocycles. The van der Waals surface area contributed by atoms with Gasteiger partial charge in [-0.25, -0.2) is 9.59 Å². The van der Waals surface area contributed by atoms with Gasteiger partial charge in [-0.3, -0.25) is 4.79 Å². The van der Waals surface area contributed by atoms with Crippen LogP contribution in [0.25, 0.3) is 11.0 Å². The monoisotopic (exact) mass is 381 g/mol. The number of nitrogens with two attached hydrogens (primary N) is 1. The first-order chi connectivity index (χ1) is 13.3. The van der Waals surface area contributed by atoms with E-state index < -0.39 is 17.5 Å². The smallest absolute Gasteiger partial charge is 0.338 e. The summed E-state index contributed by atoms with van der Waals surface area (Å²) < 4.78 is 15.7. The quantitative estimate of drug-likeness (QED) is 0.519. The first-order valence-corrected chi connectivity index (χ1v) is 8.56. The Labute approximate surface area is 160 Å². The van der Waals surface area contributed by atoms with Crippen molar-refractivity contribution in [3.8, 4) is 5.75 Å². The Kier molecular flexibility index (Phi) is 5.44. The molecule has 0 aliphatic heterocycles. The maximum Gasteiger partial charge on any atom is 0.338 e. The van der Waals surface area contributed by atoms with Gasteiger partial charge in [-0.15, -0.1) is 0 Å². The van der Waals surface area contributed by atoms with Crippen LogP contribution in [0.2, 0.25) is 0 Å². The van der Waals surface area contributed by atoms with Crippen molar-refractivity contribution in [1.29, 1.82) is 0 Å². The molecule has 7 nitrogen and oxygen atoms in total. The Morgan fingerprint density at radius 1 is 1.04 bits per heavy atom. The number of hydrogen-bond acceptors (Lipinski definition) is 6. The van der Waals surface area contributed by atoms with Crippen LogP contribution in [-0.2, 0) is 16.1 Å². The number of carbonyl (C=O) groups excluding carboxylic acids is 2. The fourth-order valence-electron chi connectivity index (χ4n) is 2.67. The molecule has 2 N–H and O–H groups in total. The van der Waals surface area contributed by atoms with Crippen molar-refractivity contribution in [2.75, 3.05) is 6.61 Å².